The summed E-state index contributed by atoms with van der Waals surface area (Å²) in [5, 5.41) is 3.18. The van der Waals surface area contributed by atoms with Gasteiger partial charge in [-0.1, -0.05) is 12.1 Å². The summed E-state index contributed by atoms with van der Waals surface area (Å²) in [6.07, 6.45) is -4.61. The molecule has 0 spiro atoms. The van der Waals surface area contributed by atoms with Crippen LogP contribution in [0.4, 0.5) is 18.9 Å². The second-order valence-electron chi connectivity index (χ2n) is 3.34. The van der Waals surface area contributed by atoms with E-state index in [9.17, 15) is 22.8 Å². The lowest BCUT2D eigenvalue weighted by Gasteiger charge is -2.11. The molecule has 0 aliphatic carbocycles. The molecule has 0 aliphatic rings. The number of anilines is 1. The molecule has 0 fully saturated rings. The van der Waals surface area contributed by atoms with Gasteiger partial charge in [0.25, 0.3) is 11.8 Å². The molecule has 0 atom stereocenters. The van der Waals surface area contributed by atoms with Crippen molar-refractivity contribution < 1.29 is 22.8 Å². The van der Waals surface area contributed by atoms with Gasteiger partial charge in [-0.2, -0.15) is 18.3 Å². The summed E-state index contributed by atoms with van der Waals surface area (Å²) >= 11 is 0. The van der Waals surface area contributed by atoms with Crippen LogP contribution in [-0.4, -0.2) is 17.5 Å². The molecule has 0 radical (unpaired) electrons. The topological polar surface area (TPSA) is 111 Å². The Bertz CT molecular complexity index is 524. The predicted octanol–water partition coefficient (Wildman–Crippen LogP) is 0.444. The Labute approximate surface area is 105 Å². The Morgan fingerprint density at radius 1 is 1.11 bits per heavy atom. The molecule has 102 valence electrons. The lowest BCUT2D eigenvalue weighted by Crippen LogP contribution is -2.36. The molecule has 0 bridgehead atoms. The molecule has 0 aliphatic heterocycles. The van der Waals surface area contributed by atoms with E-state index in [0.29, 0.717) is 0 Å². The largest absolute Gasteiger partial charge is 0.418 e. The van der Waals surface area contributed by atoms with Gasteiger partial charge < -0.3 is 11.5 Å². The van der Waals surface area contributed by atoms with Crippen LogP contribution in [-0.2, 0) is 15.8 Å². The molecular weight excluding hydrogens is 265 g/mol. The fourth-order valence-electron chi connectivity index (χ4n) is 1.18. The molecular formula is C10H9F3N4O2. The molecule has 1 rings (SSSR count). The number of carbonyl (C=O) groups excluding carboxylic acids is 2. The molecule has 0 saturated heterocycles. The van der Waals surface area contributed by atoms with Crippen molar-refractivity contribution in [1.82, 2.24) is 0 Å². The van der Waals surface area contributed by atoms with Gasteiger partial charge in [-0.15, -0.1) is 0 Å². The monoisotopic (exact) mass is 274 g/mol. The first kappa shape index (κ1) is 14.5. The maximum Gasteiger partial charge on any atom is 0.418 e. The highest BCUT2D eigenvalue weighted by Gasteiger charge is 2.33. The average molecular weight is 274 g/mol. The molecule has 0 unspecified atom stereocenters. The number of hydrogen-bond acceptors (Lipinski definition) is 4. The first-order valence-corrected chi connectivity index (χ1v) is 4.83. The summed E-state index contributed by atoms with van der Waals surface area (Å²) in [7, 11) is 0. The van der Waals surface area contributed by atoms with Crippen LogP contribution in [0.1, 0.15) is 5.56 Å². The van der Waals surface area contributed by atoms with Crippen molar-refractivity contribution in [2.24, 2.45) is 16.6 Å². The number of hydrazone groups is 1. The number of benzene rings is 1. The Kier molecular flexibility index (Phi) is 4.10. The van der Waals surface area contributed by atoms with Crippen molar-refractivity contribution in [3.8, 4) is 0 Å². The van der Waals surface area contributed by atoms with Crippen molar-refractivity contribution >= 4 is 23.2 Å². The number of nitrogens with zero attached hydrogens (tertiary/aromatic N) is 1. The lowest BCUT2D eigenvalue weighted by molar-refractivity contribution is -0.137. The van der Waals surface area contributed by atoms with E-state index in [4.69, 9.17) is 11.5 Å². The van der Waals surface area contributed by atoms with Crippen LogP contribution in [0.25, 0.3) is 0 Å². The molecule has 0 heterocycles. The number of hydrogen-bond donors (Lipinski definition) is 3. The van der Waals surface area contributed by atoms with E-state index in [1.54, 1.807) is 0 Å². The van der Waals surface area contributed by atoms with Crippen molar-refractivity contribution in [2.45, 2.75) is 6.18 Å². The summed E-state index contributed by atoms with van der Waals surface area (Å²) in [5.41, 5.74) is 9.21. The molecule has 19 heavy (non-hydrogen) atoms. The Balaban J connectivity index is 3.10. The average Bonchev–Trinajstić information content (AvgIpc) is 2.27. The van der Waals surface area contributed by atoms with Crippen LogP contribution in [0.2, 0.25) is 0 Å². The number of primary amides is 2. The third-order valence-electron chi connectivity index (χ3n) is 1.99. The molecule has 5 N–H and O–H groups in total. The molecule has 2 amide bonds. The minimum absolute atomic E-state index is 0.435. The number of para-hydroxylation sites is 1. The first-order chi connectivity index (χ1) is 8.73. The highest BCUT2D eigenvalue weighted by molar-refractivity contribution is 6.64. The van der Waals surface area contributed by atoms with Crippen LogP contribution in [0.15, 0.2) is 29.4 Å². The van der Waals surface area contributed by atoms with E-state index in [-0.39, 0.29) is 0 Å². The first-order valence-electron chi connectivity index (χ1n) is 4.83. The van der Waals surface area contributed by atoms with Crippen LogP contribution in [0, 0.1) is 0 Å². The molecule has 1 aromatic carbocycles. The lowest BCUT2D eigenvalue weighted by atomic mass is 10.2. The van der Waals surface area contributed by atoms with Gasteiger partial charge in [0.15, 0.2) is 0 Å². The predicted molar refractivity (Wildman–Crippen MR) is 60.9 cm³/mol. The van der Waals surface area contributed by atoms with Gasteiger partial charge in [0.05, 0.1) is 11.3 Å². The molecule has 0 saturated carbocycles. The normalized spacial score (nSPS) is 10.7. The highest BCUT2D eigenvalue weighted by atomic mass is 19.4. The third-order valence-corrected chi connectivity index (χ3v) is 1.99. The number of alkyl halides is 3. The number of nitrogens with one attached hydrogen (secondary N) is 1. The molecule has 9 heteroatoms. The third kappa shape index (κ3) is 3.69. The number of nitrogens with two attached hydrogens (primary N) is 2. The van der Waals surface area contributed by atoms with Gasteiger partial charge >= 0.3 is 6.18 Å². The van der Waals surface area contributed by atoms with Crippen LogP contribution < -0.4 is 16.9 Å². The van der Waals surface area contributed by atoms with Crippen LogP contribution in [0.5, 0.6) is 0 Å². The van der Waals surface area contributed by atoms with E-state index >= 15 is 0 Å². The summed E-state index contributed by atoms with van der Waals surface area (Å²) in [5.74, 6) is -2.49. The van der Waals surface area contributed by atoms with Gasteiger partial charge in [0.1, 0.15) is 0 Å². The fraction of sp³-hybridized carbons (Fsp3) is 0.100. The second kappa shape index (κ2) is 5.38. The van der Waals surface area contributed by atoms with E-state index in [1.807, 2.05) is 5.43 Å². The van der Waals surface area contributed by atoms with Crippen molar-refractivity contribution in [3.05, 3.63) is 29.8 Å². The fourth-order valence-corrected chi connectivity index (χ4v) is 1.18. The SMILES string of the molecule is NC(=O)C(=NNc1ccccc1C(F)(F)F)C(N)=O. The van der Waals surface area contributed by atoms with Gasteiger partial charge in [-0.25, -0.2) is 0 Å². The van der Waals surface area contributed by atoms with Crippen LogP contribution >= 0.6 is 0 Å². The van der Waals surface area contributed by atoms with Crippen molar-refractivity contribution in [1.29, 1.82) is 0 Å². The van der Waals surface area contributed by atoms with Gasteiger partial charge in [0, 0.05) is 0 Å². The highest BCUT2D eigenvalue weighted by Crippen LogP contribution is 2.34. The standard InChI is InChI=1S/C10H9F3N4O2/c11-10(12,13)5-3-1-2-4-6(5)16-17-7(8(14)18)9(15)19/h1-4,16H,(H2,14,18)(H2,15,19). The van der Waals surface area contributed by atoms with Crippen LogP contribution in [0.3, 0.4) is 0 Å². The Hall–Kier alpha value is -2.58. The summed E-state index contributed by atoms with van der Waals surface area (Å²) < 4.78 is 37.9. The van der Waals surface area contributed by atoms with Gasteiger partial charge in [-0.05, 0) is 12.1 Å². The summed E-state index contributed by atoms with van der Waals surface area (Å²) in [4.78, 5) is 21.5. The Morgan fingerprint density at radius 3 is 2.11 bits per heavy atom. The zero-order valence-corrected chi connectivity index (χ0v) is 9.36. The Morgan fingerprint density at radius 2 is 1.63 bits per heavy atom. The van der Waals surface area contributed by atoms with E-state index < -0.39 is 35.0 Å². The summed E-state index contributed by atoms with van der Waals surface area (Å²) in [6.45, 7) is 0. The number of carbonyl (C=O) groups is 2. The smallest absolute Gasteiger partial charge is 0.364 e. The minimum Gasteiger partial charge on any atom is -0.364 e. The molecule has 1 aromatic rings. The van der Waals surface area contributed by atoms with Gasteiger partial charge in [0.2, 0.25) is 5.71 Å². The summed E-state index contributed by atoms with van der Waals surface area (Å²) in [6, 6.07) is 4.39. The van der Waals surface area contributed by atoms with E-state index in [1.165, 1.54) is 12.1 Å². The number of halogens is 3. The van der Waals surface area contributed by atoms with Gasteiger partial charge in [-0.3, -0.25) is 15.0 Å². The maximum absolute atomic E-state index is 12.6. The minimum atomic E-state index is -4.61. The maximum atomic E-state index is 12.6. The molecule has 6 nitrogen and oxygen atoms in total. The second-order valence-corrected chi connectivity index (χ2v) is 3.34. The van der Waals surface area contributed by atoms with Crippen molar-refractivity contribution in [2.75, 3.05) is 5.43 Å². The quantitative estimate of drug-likeness (QED) is 0.421. The van der Waals surface area contributed by atoms with E-state index in [2.05, 4.69) is 5.10 Å². The zero-order valence-electron chi connectivity index (χ0n) is 9.36. The molecule has 0 aromatic heterocycles. The number of rotatable bonds is 4. The number of amides is 2. The van der Waals surface area contributed by atoms with E-state index in [0.717, 1.165) is 12.1 Å². The zero-order chi connectivity index (χ0) is 14.6. The van der Waals surface area contributed by atoms with Crippen molar-refractivity contribution in [3.63, 3.8) is 0 Å².